The molecule has 0 unspecified atom stereocenters. The van der Waals surface area contributed by atoms with Crippen LogP contribution in [0.3, 0.4) is 0 Å². The summed E-state index contributed by atoms with van der Waals surface area (Å²) in [5, 5.41) is 21.6. The number of fused-ring (bicyclic) bond motifs is 4. The Morgan fingerprint density at radius 2 is 1.41 bits per heavy atom. The van der Waals surface area contributed by atoms with Gasteiger partial charge in [-0.25, -0.2) is 14.8 Å². The standard InChI is InChI=1S/C45H46N12O6/c1-8-32-31(44(61)63-45(32)33-16-14-29(55(3)4)23-36(33)62-37-24-30(56(5)6)15-17-34(37)45)11-9-12-38(58)57(7)26-27(2)42(59)48-21-22-49-43(60)28-13-18-35(50-25-28)39-51-53-41(54-52-39)40-46-19-10-20-47-40/h8-20,23-25,27H,21-22,26H2,1-7H3,(H,48,59)(H,49,60)/b12-9+,31-11+,32-8+/t27-/m0/s1. The number of hydrogen-bond acceptors (Lipinski definition) is 15. The number of hydrogen-bond donors (Lipinski definition) is 2. The zero-order valence-corrected chi connectivity index (χ0v) is 35.9. The molecule has 63 heavy (non-hydrogen) atoms. The maximum atomic E-state index is 13.7. The zero-order chi connectivity index (χ0) is 44.8. The Morgan fingerprint density at radius 1 is 0.794 bits per heavy atom. The Balaban J connectivity index is 0.922. The first-order valence-corrected chi connectivity index (χ1v) is 20.0. The molecule has 18 nitrogen and oxygen atoms in total. The van der Waals surface area contributed by atoms with E-state index in [0.29, 0.717) is 45.0 Å². The van der Waals surface area contributed by atoms with Gasteiger partial charge in [0.2, 0.25) is 29.3 Å². The van der Waals surface area contributed by atoms with E-state index in [4.69, 9.17) is 9.47 Å². The number of allylic oxidation sites excluding steroid dienone is 3. The molecule has 1 atom stereocenters. The van der Waals surface area contributed by atoms with Crippen LogP contribution in [0.15, 0.2) is 109 Å². The number of anilines is 2. The number of esters is 1. The van der Waals surface area contributed by atoms with E-state index in [2.05, 4.69) is 46.0 Å². The molecular weight excluding hydrogens is 805 g/mol. The van der Waals surface area contributed by atoms with Gasteiger partial charge in [0.15, 0.2) is 5.60 Å². The molecule has 322 valence electrons. The first kappa shape index (κ1) is 43.2. The minimum Gasteiger partial charge on any atom is -0.456 e. The quantitative estimate of drug-likeness (QED) is 0.0978. The number of nitrogens with zero attached hydrogens (tertiary/aromatic N) is 10. The normalized spacial score (nSPS) is 15.3. The summed E-state index contributed by atoms with van der Waals surface area (Å²) < 4.78 is 12.8. The van der Waals surface area contributed by atoms with E-state index in [0.717, 1.165) is 11.4 Å². The van der Waals surface area contributed by atoms with Gasteiger partial charge in [-0.1, -0.05) is 19.1 Å². The molecular formula is C45H46N12O6. The topological polar surface area (TPSA) is 211 Å². The molecule has 2 aliphatic rings. The smallest absolute Gasteiger partial charge is 0.340 e. The molecule has 2 aliphatic heterocycles. The van der Waals surface area contributed by atoms with Crippen LogP contribution in [-0.2, 0) is 24.7 Å². The van der Waals surface area contributed by atoms with Crippen LogP contribution in [0.2, 0.25) is 0 Å². The number of likely N-dealkylation sites (N-methyl/N-ethyl adjacent to an activating group) is 1. The molecule has 5 aromatic rings. The van der Waals surface area contributed by atoms with Crippen LogP contribution in [0.5, 0.6) is 11.5 Å². The van der Waals surface area contributed by atoms with E-state index in [9.17, 15) is 19.2 Å². The predicted octanol–water partition coefficient (Wildman–Crippen LogP) is 3.89. The number of pyridine rings is 1. The van der Waals surface area contributed by atoms with Crippen molar-refractivity contribution in [2.75, 3.05) is 64.7 Å². The van der Waals surface area contributed by atoms with Crippen LogP contribution >= 0.6 is 0 Å². The molecule has 3 amide bonds. The molecule has 0 aliphatic carbocycles. The fraction of sp³-hybridized carbons (Fsp3) is 0.267. The lowest BCUT2D eigenvalue weighted by molar-refractivity contribution is -0.143. The Kier molecular flexibility index (Phi) is 12.6. The van der Waals surface area contributed by atoms with E-state index in [-0.39, 0.29) is 54.8 Å². The zero-order valence-electron chi connectivity index (χ0n) is 35.9. The van der Waals surface area contributed by atoms with E-state index in [1.165, 1.54) is 23.2 Å². The van der Waals surface area contributed by atoms with Crippen LogP contribution in [0.1, 0.15) is 35.3 Å². The number of ether oxygens (including phenoxy) is 2. The first-order chi connectivity index (χ1) is 30.3. The van der Waals surface area contributed by atoms with E-state index in [1.807, 2.05) is 87.4 Å². The summed E-state index contributed by atoms with van der Waals surface area (Å²) in [6, 6.07) is 16.4. The summed E-state index contributed by atoms with van der Waals surface area (Å²) in [6.07, 6.45) is 10.8. The highest BCUT2D eigenvalue weighted by Crippen LogP contribution is 2.58. The summed E-state index contributed by atoms with van der Waals surface area (Å²) in [6.45, 7) is 3.99. The molecule has 1 fully saturated rings. The highest BCUT2D eigenvalue weighted by Gasteiger charge is 2.55. The van der Waals surface area contributed by atoms with Gasteiger partial charge in [0.05, 0.1) is 17.1 Å². The third-order valence-electron chi connectivity index (χ3n) is 10.4. The van der Waals surface area contributed by atoms with Crippen molar-refractivity contribution in [2.24, 2.45) is 5.92 Å². The molecule has 5 heterocycles. The fourth-order valence-electron chi connectivity index (χ4n) is 7.13. The number of amides is 3. The molecule has 2 aromatic carbocycles. The molecule has 0 saturated carbocycles. The van der Waals surface area contributed by atoms with Gasteiger partial charge < -0.3 is 34.8 Å². The third kappa shape index (κ3) is 8.95. The van der Waals surface area contributed by atoms with E-state index >= 15 is 0 Å². The Morgan fingerprint density at radius 3 is 2.00 bits per heavy atom. The highest BCUT2D eigenvalue weighted by atomic mass is 16.6. The molecule has 1 saturated heterocycles. The minimum atomic E-state index is -1.28. The van der Waals surface area contributed by atoms with E-state index in [1.54, 1.807) is 50.6 Å². The van der Waals surface area contributed by atoms with Gasteiger partial charge in [0, 0.05) is 120 Å². The number of carbonyl (C=O) groups is 4. The summed E-state index contributed by atoms with van der Waals surface area (Å²) in [5.74, 6) is -0.399. The number of rotatable bonds is 13. The van der Waals surface area contributed by atoms with Gasteiger partial charge in [-0.3, -0.25) is 19.4 Å². The summed E-state index contributed by atoms with van der Waals surface area (Å²) in [7, 11) is 9.36. The van der Waals surface area contributed by atoms with Gasteiger partial charge in [0.1, 0.15) is 17.2 Å². The van der Waals surface area contributed by atoms with Gasteiger partial charge in [-0.05, 0) is 55.5 Å². The third-order valence-corrected chi connectivity index (χ3v) is 10.4. The Hall–Kier alpha value is -7.89. The van der Waals surface area contributed by atoms with Gasteiger partial charge in [-0.15, -0.1) is 20.4 Å². The predicted molar refractivity (Wildman–Crippen MR) is 233 cm³/mol. The SMILES string of the molecule is C\C=C1/C(=C\C=C\C(=O)N(C)C[C@H](C)C(=O)NCCNC(=O)c2ccc(-c3nnc(-c4ncccn4)nn3)nc2)C(=O)OC12c1ccc(N(C)C)cc1Oc1cc(N(C)C)ccc12. The number of nitrogens with one attached hydrogen (secondary N) is 2. The summed E-state index contributed by atoms with van der Waals surface area (Å²) in [5.41, 5.74) is 3.52. The van der Waals surface area contributed by atoms with Gasteiger partial charge >= 0.3 is 5.97 Å². The Labute approximate surface area is 363 Å². The molecule has 3 aromatic heterocycles. The Bertz CT molecular complexity index is 2570. The van der Waals surface area contributed by atoms with Crippen LogP contribution < -0.4 is 25.2 Å². The molecule has 18 heteroatoms. The van der Waals surface area contributed by atoms with Crippen molar-refractivity contribution in [3.8, 4) is 34.7 Å². The van der Waals surface area contributed by atoms with Crippen LogP contribution in [0.25, 0.3) is 23.2 Å². The average Bonchev–Trinajstić information content (AvgIpc) is 3.57. The van der Waals surface area contributed by atoms with Crippen molar-refractivity contribution in [1.82, 2.24) is 50.9 Å². The second-order valence-corrected chi connectivity index (χ2v) is 15.2. The van der Waals surface area contributed by atoms with Gasteiger partial charge in [-0.2, -0.15) is 0 Å². The molecule has 0 bridgehead atoms. The van der Waals surface area contributed by atoms with Crippen LogP contribution in [0, 0.1) is 5.92 Å². The molecule has 7 rings (SSSR count). The number of aromatic nitrogens is 7. The van der Waals surface area contributed by atoms with Crippen LogP contribution in [0.4, 0.5) is 11.4 Å². The maximum Gasteiger partial charge on any atom is 0.340 e. The van der Waals surface area contributed by atoms with Crippen LogP contribution in [-0.4, -0.2) is 119 Å². The fourth-order valence-corrected chi connectivity index (χ4v) is 7.13. The lowest BCUT2D eigenvalue weighted by Gasteiger charge is -2.37. The number of carbonyl (C=O) groups excluding carboxylic acids is 4. The van der Waals surface area contributed by atoms with Crippen molar-refractivity contribution in [1.29, 1.82) is 0 Å². The van der Waals surface area contributed by atoms with Crippen molar-refractivity contribution < 1.29 is 28.7 Å². The molecule has 1 spiro atoms. The minimum absolute atomic E-state index is 0.121. The van der Waals surface area contributed by atoms with Crippen molar-refractivity contribution in [3.05, 3.63) is 125 Å². The molecule has 0 radical (unpaired) electrons. The van der Waals surface area contributed by atoms with Gasteiger partial charge in [0.25, 0.3) is 5.91 Å². The summed E-state index contributed by atoms with van der Waals surface area (Å²) >= 11 is 0. The number of benzene rings is 2. The highest BCUT2D eigenvalue weighted by molar-refractivity contribution is 6.00. The lowest BCUT2D eigenvalue weighted by Crippen LogP contribution is -2.41. The van der Waals surface area contributed by atoms with E-state index < -0.39 is 17.5 Å². The van der Waals surface area contributed by atoms with Crippen molar-refractivity contribution >= 4 is 35.1 Å². The second-order valence-electron chi connectivity index (χ2n) is 15.2. The van der Waals surface area contributed by atoms with Crippen molar-refractivity contribution in [3.63, 3.8) is 0 Å². The first-order valence-electron chi connectivity index (χ1n) is 20.0. The molecule has 2 N–H and O–H groups in total. The largest absolute Gasteiger partial charge is 0.456 e. The summed E-state index contributed by atoms with van der Waals surface area (Å²) in [4.78, 5) is 70.3. The average molecular weight is 851 g/mol. The second kappa shape index (κ2) is 18.4. The lowest BCUT2D eigenvalue weighted by atomic mass is 9.76. The maximum absolute atomic E-state index is 13.7. The van der Waals surface area contributed by atoms with Crippen molar-refractivity contribution in [2.45, 2.75) is 19.4 Å². The monoisotopic (exact) mass is 850 g/mol.